The third-order valence-corrected chi connectivity index (χ3v) is 3.32. The third-order valence-electron chi connectivity index (χ3n) is 2.34. The van der Waals surface area contributed by atoms with Crippen molar-refractivity contribution in [3.8, 4) is 0 Å². The van der Waals surface area contributed by atoms with Crippen LogP contribution in [0.1, 0.15) is 18.1 Å². The maximum absolute atomic E-state index is 13.2. The van der Waals surface area contributed by atoms with Crippen LogP contribution in [0, 0.1) is 29.1 Å². The maximum atomic E-state index is 13.2. The molecule has 0 amide bonds. The van der Waals surface area contributed by atoms with E-state index in [4.69, 9.17) is 0 Å². The number of sulfone groups is 1. The second-order valence-electron chi connectivity index (χ2n) is 3.92. The second-order valence-corrected chi connectivity index (χ2v) is 6.18. The van der Waals surface area contributed by atoms with E-state index in [9.17, 15) is 35.5 Å². The van der Waals surface area contributed by atoms with Gasteiger partial charge in [-0.25, -0.2) is 30.4 Å². The van der Waals surface area contributed by atoms with Gasteiger partial charge in [0.15, 0.2) is 23.3 Å². The van der Waals surface area contributed by atoms with Crippen LogP contribution < -0.4 is 0 Å². The summed E-state index contributed by atoms with van der Waals surface area (Å²) in [5.41, 5.74) is -1.43. The normalized spacial score (nSPS) is 13.6. The first-order valence-corrected chi connectivity index (χ1v) is 6.99. The van der Waals surface area contributed by atoms with Gasteiger partial charge in [-0.15, -0.1) is 0 Å². The van der Waals surface area contributed by atoms with Crippen LogP contribution >= 0.6 is 0 Å². The molecule has 0 heterocycles. The molecule has 1 atom stereocenters. The average Bonchev–Trinajstić information content (AvgIpc) is 2.31. The van der Waals surface area contributed by atoms with Gasteiger partial charge in [0.25, 0.3) is 0 Å². The third kappa shape index (κ3) is 3.41. The van der Waals surface area contributed by atoms with E-state index in [0.717, 1.165) is 6.26 Å². The fourth-order valence-electron chi connectivity index (χ4n) is 1.38. The van der Waals surface area contributed by atoms with E-state index in [1.807, 2.05) is 0 Å². The van der Waals surface area contributed by atoms with Crippen molar-refractivity contribution in [2.24, 2.45) is 0 Å². The van der Waals surface area contributed by atoms with Crippen molar-refractivity contribution in [2.45, 2.75) is 12.5 Å². The standard InChI is InChI=1S/C10H9F5O3S/c1-19(17,18)3-2-4(16)5-6(11)8(13)10(15)9(14)7(5)12/h4,16H,2-3H2,1H3. The van der Waals surface area contributed by atoms with E-state index in [0.29, 0.717) is 0 Å². The SMILES string of the molecule is CS(=O)(=O)CCC(O)c1c(F)c(F)c(F)c(F)c1F. The highest BCUT2D eigenvalue weighted by molar-refractivity contribution is 7.90. The average molecular weight is 304 g/mol. The molecule has 0 spiro atoms. The van der Waals surface area contributed by atoms with E-state index in [-0.39, 0.29) is 0 Å². The van der Waals surface area contributed by atoms with Gasteiger partial charge in [0.05, 0.1) is 17.4 Å². The van der Waals surface area contributed by atoms with Crippen LogP contribution in [-0.4, -0.2) is 25.5 Å². The van der Waals surface area contributed by atoms with Crippen LogP contribution in [0.5, 0.6) is 0 Å². The quantitative estimate of drug-likeness (QED) is 0.525. The Balaban J connectivity index is 3.20. The molecule has 0 aliphatic heterocycles. The number of rotatable bonds is 4. The van der Waals surface area contributed by atoms with E-state index in [2.05, 4.69) is 0 Å². The first kappa shape index (κ1) is 15.8. The smallest absolute Gasteiger partial charge is 0.200 e. The molecule has 0 saturated carbocycles. The first-order valence-electron chi connectivity index (χ1n) is 4.93. The number of benzene rings is 1. The molecule has 1 aromatic rings. The Labute approximate surface area is 105 Å². The van der Waals surface area contributed by atoms with Crippen LogP contribution in [0.2, 0.25) is 0 Å². The monoisotopic (exact) mass is 304 g/mol. The zero-order valence-electron chi connectivity index (χ0n) is 9.55. The van der Waals surface area contributed by atoms with Gasteiger partial charge in [-0.3, -0.25) is 0 Å². The summed E-state index contributed by atoms with van der Waals surface area (Å²) in [7, 11) is -3.55. The highest BCUT2D eigenvalue weighted by atomic mass is 32.2. The van der Waals surface area contributed by atoms with Gasteiger partial charge in [-0.2, -0.15) is 0 Å². The Hall–Kier alpha value is -1.22. The minimum Gasteiger partial charge on any atom is -0.388 e. The molecule has 19 heavy (non-hydrogen) atoms. The molecule has 1 N–H and O–H groups in total. The summed E-state index contributed by atoms with van der Waals surface area (Å²) in [6.07, 6.45) is -1.99. The van der Waals surface area contributed by atoms with Crippen molar-refractivity contribution in [1.82, 2.24) is 0 Å². The van der Waals surface area contributed by atoms with Gasteiger partial charge in [-0.05, 0) is 6.42 Å². The molecule has 1 rings (SSSR count). The molecule has 1 aromatic carbocycles. The summed E-state index contributed by atoms with van der Waals surface area (Å²) >= 11 is 0. The molecule has 0 radical (unpaired) electrons. The lowest BCUT2D eigenvalue weighted by Gasteiger charge is -2.13. The summed E-state index contributed by atoms with van der Waals surface area (Å²) in [6.45, 7) is 0. The van der Waals surface area contributed by atoms with E-state index in [1.54, 1.807) is 0 Å². The lowest BCUT2D eigenvalue weighted by atomic mass is 10.0. The Kier molecular flexibility index (Phi) is 4.51. The highest BCUT2D eigenvalue weighted by Gasteiger charge is 2.29. The van der Waals surface area contributed by atoms with Crippen molar-refractivity contribution in [3.63, 3.8) is 0 Å². The van der Waals surface area contributed by atoms with E-state index < -0.39 is 62.8 Å². The number of hydrogen-bond acceptors (Lipinski definition) is 3. The number of aliphatic hydroxyl groups is 1. The van der Waals surface area contributed by atoms with Crippen molar-refractivity contribution in [2.75, 3.05) is 12.0 Å². The van der Waals surface area contributed by atoms with Gasteiger partial charge in [-0.1, -0.05) is 0 Å². The second kappa shape index (κ2) is 5.41. The highest BCUT2D eigenvalue weighted by Crippen LogP contribution is 2.29. The Morgan fingerprint density at radius 1 is 0.947 bits per heavy atom. The van der Waals surface area contributed by atoms with Crippen LogP contribution in [0.4, 0.5) is 22.0 Å². The lowest BCUT2D eigenvalue weighted by molar-refractivity contribution is 0.160. The predicted molar refractivity (Wildman–Crippen MR) is 55.5 cm³/mol. The summed E-state index contributed by atoms with van der Waals surface area (Å²) in [4.78, 5) is 0. The molecule has 0 aliphatic rings. The number of aliphatic hydroxyl groups excluding tert-OH is 1. The van der Waals surface area contributed by atoms with Gasteiger partial charge in [0.1, 0.15) is 9.84 Å². The number of hydrogen-bond donors (Lipinski definition) is 1. The molecule has 0 fully saturated rings. The first-order chi connectivity index (χ1) is 8.56. The summed E-state index contributed by atoms with van der Waals surface area (Å²) < 4.78 is 86.5. The molecule has 9 heteroatoms. The van der Waals surface area contributed by atoms with Gasteiger partial charge < -0.3 is 5.11 Å². The van der Waals surface area contributed by atoms with Crippen LogP contribution in [-0.2, 0) is 9.84 Å². The Morgan fingerprint density at radius 3 is 1.68 bits per heavy atom. The van der Waals surface area contributed by atoms with Gasteiger partial charge in [0.2, 0.25) is 5.82 Å². The largest absolute Gasteiger partial charge is 0.388 e. The van der Waals surface area contributed by atoms with E-state index >= 15 is 0 Å². The van der Waals surface area contributed by atoms with E-state index in [1.165, 1.54) is 0 Å². The van der Waals surface area contributed by atoms with Crippen molar-refractivity contribution in [3.05, 3.63) is 34.6 Å². The molecular weight excluding hydrogens is 295 g/mol. The zero-order valence-corrected chi connectivity index (χ0v) is 10.4. The van der Waals surface area contributed by atoms with Crippen LogP contribution in [0.25, 0.3) is 0 Å². The van der Waals surface area contributed by atoms with Crippen LogP contribution in [0.15, 0.2) is 0 Å². The summed E-state index contributed by atoms with van der Waals surface area (Å²) in [6, 6.07) is 0. The fraction of sp³-hybridized carbons (Fsp3) is 0.400. The zero-order chi connectivity index (χ0) is 15.0. The predicted octanol–water partition coefficient (Wildman–Crippen LogP) is 1.85. The van der Waals surface area contributed by atoms with Gasteiger partial charge in [0, 0.05) is 6.26 Å². The molecular formula is C10H9F5O3S. The molecule has 1 unspecified atom stereocenters. The minimum atomic E-state index is -3.55. The van der Waals surface area contributed by atoms with Crippen molar-refractivity contribution < 1.29 is 35.5 Å². The molecule has 108 valence electrons. The topological polar surface area (TPSA) is 54.4 Å². The molecule has 0 bridgehead atoms. The van der Waals surface area contributed by atoms with Gasteiger partial charge >= 0.3 is 0 Å². The Morgan fingerprint density at radius 2 is 1.32 bits per heavy atom. The molecule has 3 nitrogen and oxygen atoms in total. The van der Waals surface area contributed by atoms with Crippen LogP contribution in [0.3, 0.4) is 0 Å². The number of halogens is 5. The van der Waals surface area contributed by atoms with Crippen molar-refractivity contribution >= 4 is 9.84 Å². The minimum absolute atomic E-state index is 0.659. The summed E-state index contributed by atoms with van der Waals surface area (Å²) in [5, 5.41) is 9.39. The Bertz CT molecular complexity index is 571. The molecule has 0 saturated heterocycles. The fourth-order valence-corrected chi connectivity index (χ4v) is 2.04. The summed E-state index contributed by atoms with van der Waals surface area (Å²) in [5.74, 6) is -11.7. The molecule has 0 aliphatic carbocycles. The van der Waals surface area contributed by atoms with Crippen molar-refractivity contribution in [1.29, 1.82) is 0 Å². The molecule has 0 aromatic heterocycles. The maximum Gasteiger partial charge on any atom is 0.200 e. The lowest BCUT2D eigenvalue weighted by Crippen LogP contribution is -2.14.